The molecule has 1 aromatic carbocycles. The van der Waals surface area contributed by atoms with Gasteiger partial charge in [-0.25, -0.2) is 0 Å². The number of hydrogen-bond donors (Lipinski definition) is 1. The molecule has 1 aromatic rings. The average Bonchev–Trinajstić information content (AvgIpc) is 2.40. The Morgan fingerprint density at radius 1 is 1.32 bits per heavy atom. The number of carbonyl (C=O) groups excluding carboxylic acids is 1. The molecule has 1 rings (SSSR count). The lowest BCUT2D eigenvalue weighted by molar-refractivity contribution is -0.147. The molecule has 0 bridgehead atoms. The van der Waals surface area contributed by atoms with E-state index in [2.05, 4.69) is 5.32 Å². The average molecular weight is 265 g/mol. The zero-order valence-corrected chi connectivity index (χ0v) is 11.9. The highest BCUT2D eigenvalue weighted by Gasteiger charge is 2.12. The molecule has 106 valence electrons. The molecule has 4 nitrogen and oxygen atoms in total. The third-order valence-electron chi connectivity index (χ3n) is 2.68. The number of carbonyl (C=O) groups is 1. The van der Waals surface area contributed by atoms with E-state index in [1.54, 1.807) is 0 Å². The SMILES string of the molecule is CCOC(=O)C(C)CNCc1cccc(OCC)c1. The van der Waals surface area contributed by atoms with Crippen molar-refractivity contribution in [2.45, 2.75) is 27.3 Å². The van der Waals surface area contributed by atoms with Gasteiger partial charge in [-0.1, -0.05) is 19.1 Å². The summed E-state index contributed by atoms with van der Waals surface area (Å²) in [5.41, 5.74) is 1.14. The Morgan fingerprint density at radius 3 is 2.79 bits per heavy atom. The lowest BCUT2D eigenvalue weighted by Crippen LogP contribution is -2.27. The monoisotopic (exact) mass is 265 g/mol. The minimum absolute atomic E-state index is 0.130. The standard InChI is InChI=1S/C15H23NO3/c1-4-18-14-8-6-7-13(9-14)11-16-10-12(3)15(17)19-5-2/h6-9,12,16H,4-5,10-11H2,1-3H3. The highest BCUT2D eigenvalue weighted by atomic mass is 16.5. The van der Waals surface area contributed by atoms with Gasteiger partial charge in [-0.3, -0.25) is 4.79 Å². The van der Waals surface area contributed by atoms with Gasteiger partial charge in [0.15, 0.2) is 0 Å². The number of nitrogens with one attached hydrogen (secondary N) is 1. The van der Waals surface area contributed by atoms with Crippen molar-refractivity contribution in [1.82, 2.24) is 5.32 Å². The molecule has 0 aliphatic carbocycles. The molecular weight excluding hydrogens is 242 g/mol. The van der Waals surface area contributed by atoms with Gasteiger partial charge < -0.3 is 14.8 Å². The van der Waals surface area contributed by atoms with E-state index < -0.39 is 0 Å². The molecule has 0 aliphatic rings. The maximum Gasteiger partial charge on any atom is 0.309 e. The van der Waals surface area contributed by atoms with Crippen LogP contribution in [0.25, 0.3) is 0 Å². The zero-order chi connectivity index (χ0) is 14.1. The third-order valence-corrected chi connectivity index (χ3v) is 2.68. The second kappa shape index (κ2) is 8.53. The summed E-state index contributed by atoms with van der Waals surface area (Å²) in [5.74, 6) is 0.591. The Labute approximate surface area is 115 Å². The lowest BCUT2D eigenvalue weighted by atomic mass is 10.1. The van der Waals surface area contributed by atoms with Crippen molar-refractivity contribution in [2.75, 3.05) is 19.8 Å². The molecule has 0 heterocycles. The van der Waals surface area contributed by atoms with Gasteiger partial charge in [0.05, 0.1) is 19.1 Å². The normalized spacial score (nSPS) is 11.9. The first-order chi connectivity index (χ1) is 9.17. The van der Waals surface area contributed by atoms with E-state index in [0.717, 1.165) is 11.3 Å². The van der Waals surface area contributed by atoms with E-state index >= 15 is 0 Å². The molecule has 0 fully saturated rings. The number of hydrogen-bond acceptors (Lipinski definition) is 4. The summed E-state index contributed by atoms with van der Waals surface area (Å²) in [7, 11) is 0. The summed E-state index contributed by atoms with van der Waals surface area (Å²) in [5, 5.41) is 3.25. The first-order valence-corrected chi connectivity index (χ1v) is 6.76. The Morgan fingerprint density at radius 2 is 2.11 bits per heavy atom. The first kappa shape index (κ1) is 15.5. The molecule has 0 aromatic heterocycles. The van der Waals surface area contributed by atoms with Crippen LogP contribution in [0.3, 0.4) is 0 Å². The van der Waals surface area contributed by atoms with Gasteiger partial charge in [0.25, 0.3) is 0 Å². The molecule has 0 aliphatic heterocycles. The van der Waals surface area contributed by atoms with Crippen LogP contribution in [-0.2, 0) is 16.1 Å². The number of rotatable bonds is 8. The van der Waals surface area contributed by atoms with E-state index in [9.17, 15) is 4.79 Å². The predicted octanol–water partition coefficient (Wildman–Crippen LogP) is 2.37. The minimum atomic E-state index is -0.155. The second-order valence-corrected chi connectivity index (χ2v) is 4.36. The molecule has 4 heteroatoms. The summed E-state index contributed by atoms with van der Waals surface area (Å²) in [6.07, 6.45) is 0. The molecule has 1 atom stereocenters. The van der Waals surface area contributed by atoms with Crippen molar-refractivity contribution in [3.63, 3.8) is 0 Å². The quantitative estimate of drug-likeness (QED) is 0.733. The first-order valence-electron chi connectivity index (χ1n) is 6.76. The molecule has 0 saturated carbocycles. The zero-order valence-electron chi connectivity index (χ0n) is 11.9. The number of benzene rings is 1. The van der Waals surface area contributed by atoms with Crippen LogP contribution in [0, 0.1) is 5.92 Å². The Balaban J connectivity index is 2.36. The van der Waals surface area contributed by atoms with Crippen molar-refractivity contribution < 1.29 is 14.3 Å². The maximum atomic E-state index is 11.4. The third kappa shape index (κ3) is 5.75. The highest BCUT2D eigenvalue weighted by molar-refractivity contribution is 5.72. The van der Waals surface area contributed by atoms with E-state index in [1.807, 2.05) is 45.0 Å². The van der Waals surface area contributed by atoms with Crippen molar-refractivity contribution in [2.24, 2.45) is 5.92 Å². The van der Waals surface area contributed by atoms with Gasteiger partial charge in [-0.05, 0) is 31.5 Å². The van der Waals surface area contributed by atoms with Crippen LogP contribution in [0.2, 0.25) is 0 Å². The molecule has 1 N–H and O–H groups in total. The van der Waals surface area contributed by atoms with Crippen LogP contribution < -0.4 is 10.1 Å². The molecule has 0 amide bonds. The van der Waals surface area contributed by atoms with Crippen LogP contribution in [0.1, 0.15) is 26.3 Å². The summed E-state index contributed by atoms with van der Waals surface area (Å²) >= 11 is 0. The van der Waals surface area contributed by atoms with Crippen molar-refractivity contribution in [3.8, 4) is 5.75 Å². The predicted molar refractivity (Wildman–Crippen MR) is 75.1 cm³/mol. The fraction of sp³-hybridized carbons (Fsp3) is 0.533. The van der Waals surface area contributed by atoms with E-state index in [4.69, 9.17) is 9.47 Å². The van der Waals surface area contributed by atoms with Crippen molar-refractivity contribution >= 4 is 5.97 Å². The minimum Gasteiger partial charge on any atom is -0.494 e. The Kier molecular flexibility index (Phi) is 6.97. The molecular formula is C15H23NO3. The topological polar surface area (TPSA) is 47.6 Å². The van der Waals surface area contributed by atoms with Gasteiger partial charge in [0.2, 0.25) is 0 Å². The van der Waals surface area contributed by atoms with Crippen LogP contribution in [0.4, 0.5) is 0 Å². The molecule has 0 radical (unpaired) electrons. The summed E-state index contributed by atoms with van der Waals surface area (Å²) in [4.78, 5) is 11.4. The largest absolute Gasteiger partial charge is 0.494 e. The second-order valence-electron chi connectivity index (χ2n) is 4.36. The number of esters is 1. The molecule has 0 spiro atoms. The summed E-state index contributed by atoms with van der Waals surface area (Å²) < 4.78 is 10.4. The fourth-order valence-electron chi connectivity index (χ4n) is 1.71. The summed E-state index contributed by atoms with van der Waals surface area (Å²) in [6, 6.07) is 7.95. The van der Waals surface area contributed by atoms with Gasteiger partial charge in [0, 0.05) is 13.1 Å². The van der Waals surface area contributed by atoms with Gasteiger partial charge in [0.1, 0.15) is 5.75 Å². The smallest absolute Gasteiger partial charge is 0.309 e. The van der Waals surface area contributed by atoms with E-state index in [0.29, 0.717) is 26.3 Å². The van der Waals surface area contributed by atoms with Crippen LogP contribution in [0.5, 0.6) is 5.75 Å². The van der Waals surface area contributed by atoms with Gasteiger partial charge in [-0.15, -0.1) is 0 Å². The maximum absolute atomic E-state index is 11.4. The van der Waals surface area contributed by atoms with Gasteiger partial charge in [-0.2, -0.15) is 0 Å². The molecule has 19 heavy (non-hydrogen) atoms. The van der Waals surface area contributed by atoms with E-state index in [1.165, 1.54) is 0 Å². The Bertz CT molecular complexity index is 393. The van der Waals surface area contributed by atoms with Crippen molar-refractivity contribution in [1.29, 1.82) is 0 Å². The van der Waals surface area contributed by atoms with Crippen LogP contribution in [-0.4, -0.2) is 25.7 Å². The fourth-order valence-corrected chi connectivity index (χ4v) is 1.71. The van der Waals surface area contributed by atoms with Crippen molar-refractivity contribution in [3.05, 3.63) is 29.8 Å². The highest BCUT2D eigenvalue weighted by Crippen LogP contribution is 2.13. The van der Waals surface area contributed by atoms with Crippen LogP contribution in [0.15, 0.2) is 24.3 Å². The molecule has 1 unspecified atom stereocenters. The van der Waals surface area contributed by atoms with Gasteiger partial charge >= 0.3 is 5.97 Å². The number of ether oxygens (including phenoxy) is 2. The van der Waals surface area contributed by atoms with Crippen LogP contribution >= 0.6 is 0 Å². The van der Waals surface area contributed by atoms with E-state index in [-0.39, 0.29) is 11.9 Å². The Hall–Kier alpha value is -1.55. The lowest BCUT2D eigenvalue weighted by Gasteiger charge is -2.12. The molecule has 0 saturated heterocycles. The summed E-state index contributed by atoms with van der Waals surface area (Å²) in [6.45, 7) is 8.06.